The first kappa shape index (κ1) is 20.1. The zero-order valence-corrected chi connectivity index (χ0v) is 17.7. The Balaban J connectivity index is 1.90. The van der Waals surface area contributed by atoms with Gasteiger partial charge in [0.2, 0.25) is 10.3 Å². The molecule has 0 bridgehead atoms. The number of rotatable bonds is 5. The van der Waals surface area contributed by atoms with Crippen molar-refractivity contribution >= 4 is 52.0 Å². The predicted octanol–water partition coefficient (Wildman–Crippen LogP) is 4.87. The van der Waals surface area contributed by atoms with Crippen LogP contribution in [-0.4, -0.2) is 26.1 Å². The molecule has 0 atom stereocenters. The van der Waals surface area contributed by atoms with E-state index in [1.807, 2.05) is 61.1 Å². The Labute approximate surface area is 176 Å². The molecule has 9 heteroatoms. The average molecular weight is 430 g/mol. The van der Waals surface area contributed by atoms with Crippen molar-refractivity contribution in [2.75, 3.05) is 11.6 Å². The number of aryl methyl sites for hydroxylation is 1. The molecule has 142 valence electrons. The lowest BCUT2D eigenvalue weighted by Crippen LogP contribution is -2.13. The molecule has 6 nitrogen and oxygen atoms in total. The standard InChI is InChI=1S/C19H16ClN5OS2/c1-11-8-13(12(2)25(11)16-6-4-15(20)5-7-16)9-14(10-21)17(26)22-18-23-19(27-3)24-28-18/h4-9H,1-3H3,(H,22,23,24,26)/b14-9-. The minimum absolute atomic E-state index is 0.00254. The van der Waals surface area contributed by atoms with Gasteiger partial charge < -0.3 is 4.57 Å². The van der Waals surface area contributed by atoms with Gasteiger partial charge in [-0.1, -0.05) is 23.4 Å². The number of hydrogen-bond donors (Lipinski definition) is 1. The predicted molar refractivity (Wildman–Crippen MR) is 114 cm³/mol. The summed E-state index contributed by atoms with van der Waals surface area (Å²) < 4.78 is 6.14. The summed E-state index contributed by atoms with van der Waals surface area (Å²) in [6, 6.07) is 11.4. The van der Waals surface area contributed by atoms with E-state index in [0.717, 1.165) is 34.2 Å². The molecule has 3 aromatic rings. The lowest BCUT2D eigenvalue weighted by Gasteiger charge is -2.09. The molecule has 0 fully saturated rings. The molecule has 0 aliphatic heterocycles. The van der Waals surface area contributed by atoms with Crippen molar-refractivity contribution in [1.29, 1.82) is 5.26 Å². The van der Waals surface area contributed by atoms with Gasteiger partial charge in [-0.25, -0.2) is 0 Å². The molecular formula is C19H16ClN5OS2. The second kappa shape index (κ2) is 8.61. The van der Waals surface area contributed by atoms with Gasteiger partial charge in [0.15, 0.2) is 0 Å². The number of nitriles is 1. The number of anilines is 1. The van der Waals surface area contributed by atoms with Gasteiger partial charge in [0.25, 0.3) is 5.91 Å². The third kappa shape index (κ3) is 4.28. The first-order chi connectivity index (χ1) is 13.4. The highest BCUT2D eigenvalue weighted by Crippen LogP contribution is 2.24. The van der Waals surface area contributed by atoms with E-state index in [1.165, 1.54) is 11.8 Å². The van der Waals surface area contributed by atoms with Crippen LogP contribution in [0.25, 0.3) is 11.8 Å². The van der Waals surface area contributed by atoms with E-state index in [1.54, 1.807) is 6.08 Å². The van der Waals surface area contributed by atoms with Crippen LogP contribution in [0.15, 0.2) is 41.1 Å². The molecule has 0 unspecified atom stereocenters. The highest BCUT2D eigenvalue weighted by molar-refractivity contribution is 7.98. The Morgan fingerprint density at radius 2 is 2.07 bits per heavy atom. The van der Waals surface area contributed by atoms with Gasteiger partial charge in [-0.2, -0.15) is 14.6 Å². The van der Waals surface area contributed by atoms with Crippen molar-refractivity contribution < 1.29 is 4.79 Å². The summed E-state index contributed by atoms with van der Waals surface area (Å²) in [6.07, 6.45) is 3.44. The summed E-state index contributed by atoms with van der Waals surface area (Å²) in [5, 5.41) is 13.7. The molecule has 3 rings (SSSR count). The van der Waals surface area contributed by atoms with Crippen LogP contribution in [0.2, 0.25) is 5.02 Å². The molecule has 1 N–H and O–H groups in total. The third-order valence-corrected chi connectivity index (χ3v) is 5.58. The van der Waals surface area contributed by atoms with Crippen LogP contribution in [-0.2, 0) is 4.79 Å². The topological polar surface area (TPSA) is 83.6 Å². The van der Waals surface area contributed by atoms with E-state index in [4.69, 9.17) is 11.6 Å². The molecule has 0 saturated carbocycles. The number of carbonyl (C=O) groups is 1. The number of benzene rings is 1. The monoisotopic (exact) mass is 429 g/mol. The van der Waals surface area contributed by atoms with Crippen LogP contribution >= 0.6 is 34.9 Å². The number of thioether (sulfide) groups is 1. The first-order valence-corrected chi connectivity index (χ1v) is 10.6. The number of carbonyl (C=O) groups excluding carboxylic acids is 1. The van der Waals surface area contributed by atoms with Crippen LogP contribution in [0.1, 0.15) is 17.0 Å². The lowest BCUT2D eigenvalue weighted by atomic mass is 10.1. The molecule has 0 radical (unpaired) electrons. The Bertz CT molecular complexity index is 1090. The Morgan fingerprint density at radius 3 is 2.68 bits per heavy atom. The maximum absolute atomic E-state index is 12.5. The molecule has 2 aromatic heterocycles. The number of aromatic nitrogens is 3. The fourth-order valence-electron chi connectivity index (χ4n) is 2.73. The molecular weight excluding hydrogens is 414 g/mol. The fraction of sp³-hybridized carbons (Fsp3) is 0.158. The molecule has 28 heavy (non-hydrogen) atoms. The number of halogens is 1. The van der Waals surface area contributed by atoms with E-state index in [9.17, 15) is 10.1 Å². The molecule has 0 aliphatic rings. The highest BCUT2D eigenvalue weighted by atomic mass is 35.5. The normalized spacial score (nSPS) is 11.3. The van der Waals surface area contributed by atoms with Crippen LogP contribution in [0.5, 0.6) is 0 Å². The van der Waals surface area contributed by atoms with Crippen LogP contribution in [0.4, 0.5) is 5.13 Å². The molecule has 0 aliphatic carbocycles. The minimum atomic E-state index is -0.511. The number of nitrogens with zero attached hydrogens (tertiary/aromatic N) is 4. The Hall–Kier alpha value is -2.60. The van der Waals surface area contributed by atoms with Crippen molar-refractivity contribution in [2.45, 2.75) is 19.0 Å². The zero-order valence-electron chi connectivity index (χ0n) is 15.4. The highest BCUT2D eigenvalue weighted by Gasteiger charge is 2.15. The fourth-order valence-corrected chi connectivity index (χ4v) is 3.98. The van der Waals surface area contributed by atoms with Gasteiger partial charge in [-0.3, -0.25) is 10.1 Å². The quantitative estimate of drug-likeness (QED) is 0.355. The number of nitrogens with one attached hydrogen (secondary N) is 1. The molecule has 0 spiro atoms. The van der Waals surface area contributed by atoms with E-state index in [-0.39, 0.29) is 5.57 Å². The summed E-state index contributed by atoms with van der Waals surface area (Å²) in [6.45, 7) is 3.91. The number of amides is 1. The Morgan fingerprint density at radius 1 is 1.36 bits per heavy atom. The van der Waals surface area contributed by atoms with Gasteiger partial charge in [0.05, 0.1) is 0 Å². The largest absolute Gasteiger partial charge is 0.318 e. The van der Waals surface area contributed by atoms with Crippen molar-refractivity contribution in [1.82, 2.24) is 13.9 Å². The SMILES string of the molecule is CSc1nsc(NC(=O)/C(C#N)=C\c2cc(C)n(-c3ccc(Cl)cc3)c2C)n1. The second-order valence-corrected chi connectivity index (χ2v) is 7.81. The van der Waals surface area contributed by atoms with E-state index < -0.39 is 5.91 Å². The van der Waals surface area contributed by atoms with E-state index in [2.05, 4.69) is 14.7 Å². The summed E-state index contributed by atoms with van der Waals surface area (Å²) >= 11 is 8.44. The van der Waals surface area contributed by atoms with Crippen LogP contribution < -0.4 is 5.32 Å². The summed E-state index contributed by atoms with van der Waals surface area (Å²) in [4.78, 5) is 16.6. The summed E-state index contributed by atoms with van der Waals surface area (Å²) in [5.41, 5.74) is 3.65. The van der Waals surface area contributed by atoms with Crippen molar-refractivity contribution in [3.63, 3.8) is 0 Å². The summed E-state index contributed by atoms with van der Waals surface area (Å²) in [5.74, 6) is -0.511. The van der Waals surface area contributed by atoms with Crippen molar-refractivity contribution in [3.8, 4) is 11.8 Å². The first-order valence-electron chi connectivity index (χ1n) is 8.18. The minimum Gasteiger partial charge on any atom is -0.318 e. The third-order valence-electron chi connectivity index (χ3n) is 4.03. The molecule has 2 heterocycles. The molecule has 0 saturated heterocycles. The average Bonchev–Trinajstić information content (AvgIpc) is 3.24. The summed E-state index contributed by atoms with van der Waals surface area (Å²) in [7, 11) is 0. The molecule has 1 aromatic carbocycles. The second-order valence-electron chi connectivity index (χ2n) is 5.85. The smallest absolute Gasteiger partial charge is 0.268 e. The van der Waals surface area contributed by atoms with E-state index in [0.29, 0.717) is 15.3 Å². The van der Waals surface area contributed by atoms with Gasteiger partial charge in [-0.05, 0) is 62.1 Å². The Kier molecular flexibility index (Phi) is 6.19. The number of hydrogen-bond acceptors (Lipinski definition) is 6. The maximum atomic E-state index is 12.5. The van der Waals surface area contributed by atoms with Gasteiger partial charge in [0, 0.05) is 33.6 Å². The maximum Gasteiger partial charge on any atom is 0.268 e. The van der Waals surface area contributed by atoms with Crippen LogP contribution in [0.3, 0.4) is 0 Å². The van der Waals surface area contributed by atoms with Crippen molar-refractivity contribution in [2.24, 2.45) is 0 Å². The van der Waals surface area contributed by atoms with Gasteiger partial charge in [-0.15, -0.1) is 0 Å². The zero-order chi connectivity index (χ0) is 20.3. The molecule has 1 amide bonds. The van der Waals surface area contributed by atoms with Crippen LogP contribution in [0, 0.1) is 25.2 Å². The van der Waals surface area contributed by atoms with Gasteiger partial charge >= 0.3 is 0 Å². The van der Waals surface area contributed by atoms with Gasteiger partial charge in [0.1, 0.15) is 11.6 Å². The van der Waals surface area contributed by atoms with Crippen molar-refractivity contribution in [3.05, 3.63) is 57.9 Å². The lowest BCUT2D eigenvalue weighted by molar-refractivity contribution is -0.112. The van der Waals surface area contributed by atoms with E-state index >= 15 is 0 Å².